The molecule has 0 aliphatic rings. The van der Waals surface area contributed by atoms with Crippen molar-refractivity contribution in [2.45, 2.75) is 39.2 Å². The molecule has 0 saturated carbocycles. The average molecular weight is 396 g/mol. The number of ether oxygens (including phenoxy) is 1. The molecule has 0 N–H and O–H groups in total. The molecule has 1 atom stereocenters. The van der Waals surface area contributed by atoms with E-state index in [0.29, 0.717) is 6.04 Å². The molecule has 0 aliphatic heterocycles. The lowest BCUT2D eigenvalue weighted by atomic mass is 9.91. The number of hydrogen-bond acceptors (Lipinski definition) is 2. The summed E-state index contributed by atoms with van der Waals surface area (Å²) in [6, 6.07) is 26.0. The molecule has 4 aromatic rings. The third-order valence-electron chi connectivity index (χ3n) is 5.76. The predicted molar refractivity (Wildman–Crippen MR) is 130 cm³/mol. The van der Waals surface area contributed by atoms with Crippen molar-refractivity contribution in [3.63, 3.8) is 0 Å². The van der Waals surface area contributed by atoms with E-state index in [1.165, 1.54) is 39.9 Å². The van der Waals surface area contributed by atoms with Crippen LogP contribution in [0, 0.1) is 0 Å². The zero-order chi connectivity index (χ0) is 20.9. The van der Waals surface area contributed by atoms with Gasteiger partial charge in [-0.15, -0.1) is 0 Å². The van der Waals surface area contributed by atoms with Gasteiger partial charge in [0.1, 0.15) is 5.75 Å². The highest BCUT2D eigenvalue weighted by molar-refractivity contribution is 6.12. The second-order valence-corrected chi connectivity index (χ2v) is 7.88. The Morgan fingerprint density at radius 2 is 1.67 bits per heavy atom. The molecule has 0 unspecified atom stereocenters. The lowest BCUT2D eigenvalue weighted by Gasteiger charge is -2.16. The molecule has 0 aliphatic carbocycles. The Kier molecular flexibility index (Phi) is 6.13. The molecular weight excluding hydrogens is 366 g/mol. The summed E-state index contributed by atoms with van der Waals surface area (Å²) in [5.41, 5.74) is 3.48. The SMILES string of the molecule is CCCC[C@H](C)N=Cc1cccc2cccc(-c3c(OC)ccc4ccccc34)c12. The summed E-state index contributed by atoms with van der Waals surface area (Å²) >= 11 is 0. The van der Waals surface area contributed by atoms with Gasteiger partial charge in [0.2, 0.25) is 0 Å². The van der Waals surface area contributed by atoms with Gasteiger partial charge in [-0.25, -0.2) is 0 Å². The van der Waals surface area contributed by atoms with Crippen molar-refractivity contribution >= 4 is 27.8 Å². The average Bonchev–Trinajstić information content (AvgIpc) is 2.80. The van der Waals surface area contributed by atoms with Crippen LogP contribution in [0.2, 0.25) is 0 Å². The predicted octanol–water partition coefficient (Wildman–Crippen LogP) is 7.67. The van der Waals surface area contributed by atoms with Crippen LogP contribution in [-0.2, 0) is 0 Å². The molecule has 0 radical (unpaired) electrons. The molecule has 2 heteroatoms. The van der Waals surface area contributed by atoms with Gasteiger partial charge in [-0.2, -0.15) is 0 Å². The fraction of sp³-hybridized carbons (Fsp3) is 0.250. The number of fused-ring (bicyclic) bond motifs is 2. The van der Waals surface area contributed by atoms with E-state index in [-0.39, 0.29) is 0 Å². The molecule has 0 aromatic heterocycles. The maximum atomic E-state index is 5.81. The molecule has 0 heterocycles. The number of hydrogen-bond donors (Lipinski definition) is 0. The van der Waals surface area contributed by atoms with Crippen molar-refractivity contribution in [1.82, 2.24) is 0 Å². The second kappa shape index (κ2) is 9.13. The van der Waals surface area contributed by atoms with Gasteiger partial charge in [0, 0.05) is 23.4 Å². The Morgan fingerprint density at radius 1 is 0.900 bits per heavy atom. The Morgan fingerprint density at radius 3 is 2.47 bits per heavy atom. The number of unbranched alkanes of at least 4 members (excludes halogenated alkanes) is 1. The summed E-state index contributed by atoms with van der Waals surface area (Å²) in [6.07, 6.45) is 5.61. The Hall–Kier alpha value is -3.13. The number of nitrogens with zero attached hydrogens (tertiary/aromatic N) is 1. The molecular formula is C28H29NO. The molecule has 0 fully saturated rings. The fourth-order valence-electron chi connectivity index (χ4n) is 4.17. The molecule has 2 nitrogen and oxygen atoms in total. The highest BCUT2D eigenvalue weighted by atomic mass is 16.5. The zero-order valence-corrected chi connectivity index (χ0v) is 18.1. The first kappa shape index (κ1) is 20.2. The van der Waals surface area contributed by atoms with Crippen LogP contribution in [0.5, 0.6) is 5.75 Å². The number of methoxy groups -OCH3 is 1. The Bertz CT molecular complexity index is 1190. The molecule has 152 valence electrons. The topological polar surface area (TPSA) is 21.6 Å². The molecule has 0 saturated heterocycles. The van der Waals surface area contributed by atoms with E-state index in [2.05, 4.69) is 92.9 Å². The fourth-order valence-corrected chi connectivity index (χ4v) is 4.17. The second-order valence-electron chi connectivity index (χ2n) is 7.88. The van der Waals surface area contributed by atoms with Gasteiger partial charge in [0.15, 0.2) is 0 Å². The van der Waals surface area contributed by atoms with Crippen LogP contribution >= 0.6 is 0 Å². The van der Waals surface area contributed by atoms with Gasteiger partial charge in [-0.3, -0.25) is 4.99 Å². The number of aliphatic imine (C=N–C) groups is 1. The lowest BCUT2D eigenvalue weighted by molar-refractivity contribution is 0.417. The molecule has 0 amide bonds. The van der Waals surface area contributed by atoms with Gasteiger partial charge < -0.3 is 4.74 Å². The zero-order valence-electron chi connectivity index (χ0n) is 18.1. The van der Waals surface area contributed by atoms with Crippen molar-refractivity contribution < 1.29 is 4.74 Å². The van der Waals surface area contributed by atoms with Gasteiger partial charge >= 0.3 is 0 Å². The van der Waals surface area contributed by atoms with E-state index in [1.54, 1.807) is 7.11 Å². The van der Waals surface area contributed by atoms with Crippen LogP contribution < -0.4 is 4.74 Å². The maximum Gasteiger partial charge on any atom is 0.127 e. The third kappa shape index (κ3) is 3.95. The summed E-state index contributed by atoms with van der Waals surface area (Å²) in [5, 5.41) is 4.85. The summed E-state index contributed by atoms with van der Waals surface area (Å²) in [7, 11) is 1.75. The number of rotatable bonds is 7. The van der Waals surface area contributed by atoms with Crippen molar-refractivity contribution in [1.29, 1.82) is 0 Å². The van der Waals surface area contributed by atoms with E-state index >= 15 is 0 Å². The van der Waals surface area contributed by atoms with Crippen LogP contribution in [0.1, 0.15) is 38.7 Å². The summed E-state index contributed by atoms with van der Waals surface area (Å²) in [6.45, 7) is 4.43. The van der Waals surface area contributed by atoms with Gasteiger partial charge in [0.25, 0.3) is 0 Å². The molecule has 0 bridgehead atoms. The van der Waals surface area contributed by atoms with Crippen molar-refractivity contribution in [2.75, 3.05) is 7.11 Å². The monoisotopic (exact) mass is 395 g/mol. The normalized spacial score (nSPS) is 12.6. The smallest absolute Gasteiger partial charge is 0.127 e. The van der Waals surface area contributed by atoms with Crippen molar-refractivity contribution in [3.8, 4) is 16.9 Å². The largest absolute Gasteiger partial charge is 0.496 e. The van der Waals surface area contributed by atoms with Crippen LogP contribution in [0.3, 0.4) is 0 Å². The van der Waals surface area contributed by atoms with E-state index in [1.807, 2.05) is 0 Å². The highest BCUT2D eigenvalue weighted by Gasteiger charge is 2.15. The van der Waals surface area contributed by atoms with E-state index in [4.69, 9.17) is 9.73 Å². The van der Waals surface area contributed by atoms with Crippen LogP contribution in [0.25, 0.3) is 32.7 Å². The van der Waals surface area contributed by atoms with Gasteiger partial charge in [0.05, 0.1) is 7.11 Å². The first-order valence-electron chi connectivity index (χ1n) is 10.8. The third-order valence-corrected chi connectivity index (χ3v) is 5.76. The maximum absolute atomic E-state index is 5.81. The molecule has 4 aromatic carbocycles. The van der Waals surface area contributed by atoms with E-state index in [9.17, 15) is 0 Å². The molecule has 4 rings (SSSR count). The van der Waals surface area contributed by atoms with Gasteiger partial charge in [-0.1, -0.05) is 86.5 Å². The quantitative estimate of drug-likeness (QED) is 0.294. The summed E-state index contributed by atoms with van der Waals surface area (Å²) in [5.74, 6) is 0.893. The highest BCUT2D eigenvalue weighted by Crippen LogP contribution is 2.41. The first-order chi connectivity index (χ1) is 14.7. The standard InChI is InChI=1S/C28H29NO/c1-4-5-10-20(2)29-19-23-14-8-12-22-13-9-16-25(27(22)23)28-24-15-7-6-11-21(24)17-18-26(28)30-3/h6-9,11-20H,4-5,10H2,1-3H3/t20-/m0/s1. The van der Waals surface area contributed by atoms with Crippen molar-refractivity contribution in [3.05, 3.63) is 78.4 Å². The molecule has 0 spiro atoms. The van der Waals surface area contributed by atoms with Crippen molar-refractivity contribution in [2.24, 2.45) is 4.99 Å². The first-order valence-corrected chi connectivity index (χ1v) is 10.8. The summed E-state index contributed by atoms with van der Waals surface area (Å²) < 4.78 is 5.81. The van der Waals surface area contributed by atoms with Crippen LogP contribution in [0.4, 0.5) is 0 Å². The van der Waals surface area contributed by atoms with E-state index in [0.717, 1.165) is 23.3 Å². The van der Waals surface area contributed by atoms with Gasteiger partial charge in [-0.05, 0) is 46.5 Å². The van der Waals surface area contributed by atoms with Crippen LogP contribution in [0.15, 0.2) is 77.8 Å². The number of benzene rings is 4. The minimum Gasteiger partial charge on any atom is -0.496 e. The molecule has 30 heavy (non-hydrogen) atoms. The van der Waals surface area contributed by atoms with E-state index < -0.39 is 0 Å². The minimum atomic E-state index is 0.333. The van der Waals surface area contributed by atoms with Crippen LogP contribution in [-0.4, -0.2) is 19.4 Å². The lowest BCUT2D eigenvalue weighted by Crippen LogP contribution is -1.99. The minimum absolute atomic E-state index is 0.333. The summed E-state index contributed by atoms with van der Waals surface area (Å²) in [4.78, 5) is 4.87. The Balaban J connectivity index is 1.93. The Labute approximate surface area is 179 Å².